The van der Waals surface area contributed by atoms with Crippen molar-refractivity contribution in [1.29, 1.82) is 0 Å². The van der Waals surface area contributed by atoms with E-state index < -0.39 is 5.41 Å². The molecule has 8 aromatic carbocycles. The van der Waals surface area contributed by atoms with Crippen molar-refractivity contribution < 1.29 is 19.7 Å². The van der Waals surface area contributed by atoms with Gasteiger partial charge in [0.2, 0.25) is 0 Å². The monoisotopic (exact) mass is 802 g/mol. The predicted octanol–water partition coefficient (Wildman–Crippen LogP) is 12.9. The van der Waals surface area contributed by atoms with Gasteiger partial charge in [0.1, 0.15) is 24.7 Å². The Kier molecular flexibility index (Phi) is 8.82. The molecule has 0 atom stereocenters. The molecule has 0 bridgehead atoms. The molecule has 2 aromatic heterocycles. The Morgan fingerprint density at radius 1 is 0.373 bits per heavy atom. The molecule has 10 aromatic rings. The quantitative estimate of drug-likeness (QED) is 0.145. The molecule has 11 rings (SSSR count). The van der Waals surface area contributed by atoms with Gasteiger partial charge < -0.3 is 19.7 Å². The molecule has 0 unspecified atom stereocenters. The molecule has 59 heavy (non-hydrogen) atoms. The summed E-state index contributed by atoms with van der Waals surface area (Å²) in [5.41, 5.74) is 11.0. The zero-order valence-corrected chi connectivity index (χ0v) is 33.7. The molecule has 0 spiro atoms. The topological polar surface area (TPSA) is 58.9 Å². The van der Waals surface area contributed by atoms with Crippen LogP contribution in [-0.4, -0.2) is 36.6 Å². The van der Waals surface area contributed by atoms with Gasteiger partial charge in [0.15, 0.2) is 0 Å². The van der Waals surface area contributed by atoms with Crippen LogP contribution >= 0.6 is 22.7 Å². The number of hydrogen-bond acceptors (Lipinski definition) is 6. The van der Waals surface area contributed by atoms with Crippen molar-refractivity contribution in [3.8, 4) is 44.9 Å². The third-order valence-electron chi connectivity index (χ3n) is 12.0. The molecule has 6 heteroatoms. The fourth-order valence-corrected chi connectivity index (χ4v) is 11.7. The smallest absolute Gasteiger partial charge is 0.127 e. The molecule has 0 saturated heterocycles. The van der Waals surface area contributed by atoms with Gasteiger partial charge in [-0.1, -0.05) is 133 Å². The highest BCUT2D eigenvalue weighted by Crippen LogP contribution is 2.64. The third kappa shape index (κ3) is 5.41. The first-order valence-corrected chi connectivity index (χ1v) is 21.7. The Hall–Kier alpha value is -6.28. The van der Waals surface area contributed by atoms with Gasteiger partial charge in [-0.15, -0.1) is 22.7 Å². The molecule has 1 aliphatic rings. The molecule has 4 nitrogen and oxygen atoms in total. The first kappa shape index (κ1) is 35.8. The fraction of sp³-hybridized carbons (Fsp3) is 0.0943. The zero-order chi connectivity index (χ0) is 39.5. The number of thiophene rings is 2. The summed E-state index contributed by atoms with van der Waals surface area (Å²) < 4.78 is 15.0. The van der Waals surface area contributed by atoms with Gasteiger partial charge in [0.05, 0.1) is 18.6 Å². The van der Waals surface area contributed by atoms with Crippen LogP contribution in [0.5, 0.6) is 11.5 Å². The highest BCUT2D eigenvalue weighted by molar-refractivity contribution is 7.18. The first-order valence-electron chi connectivity index (χ1n) is 19.9. The summed E-state index contributed by atoms with van der Waals surface area (Å²) in [5, 5.41) is 30.9. The van der Waals surface area contributed by atoms with E-state index in [0.717, 1.165) is 44.2 Å². The van der Waals surface area contributed by atoms with E-state index in [4.69, 9.17) is 9.47 Å². The van der Waals surface area contributed by atoms with Gasteiger partial charge in [-0.3, -0.25) is 0 Å². The van der Waals surface area contributed by atoms with Crippen molar-refractivity contribution >= 4 is 64.4 Å². The second-order valence-electron chi connectivity index (χ2n) is 15.0. The average Bonchev–Trinajstić information content (AvgIpc) is 4.01. The number of ether oxygens (including phenoxy) is 2. The Bertz CT molecular complexity index is 3010. The molecular weight excluding hydrogens is 765 g/mol. The maximum atomic E-state index is 9.86. The zero-order valence-electron chi connectivity index (χ0n) is 32.0. The highest BCUT2D eigenvalue weighted by atomic mass is 32.1. The van der Waals surface area contributed by atoms with Crippen LogP contribution in [0.4, 0.5) is 0 Å². The largest absolute Gasteiger partial charge is 0.491 e. The highest BCUT2D eigenvalue weighted by Gasteiger charge is 2.51. The summed E-state index contributed by atoms with van der Waals surface area (Å²) in [5.74, 6) is 1.47. The summed E-state index contributed by atoms with van der Waals surface area (Å²) in [6.07, 6.45) is 0. The number of aliphatic hydroxyl groups excluding tert-OH is 2. The van der Waals surface area contributed by atoms with Crippen molar-refractivity contribution in [2.45, 2.75) is 5.41 Å². The molecule has 0 fully saturated rings. The van der Waals surface area contributed by atoms with Gasteiger partial charge in [-0.05, 0) is 90.3 Å². The van der Waals surface area contributed by atoms with Crippen molar-refractivity contribution in [1.82, 2.24) is 0 Å². The number of hydrogen-bond donors (Lipinski definition) is 2. The lowest BCUT2D eigenvalue weighted by Crippen LogP contribution is -2.31. The summed E-state index contributed by atoms with van der Waals surface area (Å²) in [6, 6.07) is 57.0. The standard InChI is InChI=1S/C53H38O4S2/c54-27-29-56-47-25-23-45(33-11-1-3-13-35(33)47)53(46-24-26-48(57-30-28-55)36-14-4-2-12-34(36)46)51-39(17-9-19-41(51)43-31-58-49-21-7-5-15-37(43)49)40-18-10-20-42(52(40)53)44-32-59-50-22-8-6-16-38(44)50/h1-26,31-32,54-55H,27-30H2. The van der Waals surface area contributed by atoms with Gasteiger partial charge in [0.25, 0.3) is 0 Å². The molecule has 1 aliphatic carbocycles. The fourth-order valence-electron chi connectivity index (χ4n) is 9.75. The number of aliphatic hydroxyl groups is 2. The predicted molar refractivity (Wildman–Crippen MR) is 246 cm³/mol. The second kappa shape index (κ2) is 14.5. The van der Waals surface area contributed by atoms with Gasteiger partial charge in [-0.25, -0.2) is 0 Å². The lowest BCUT2D eigenvalue weighted by atomic mass is 9.62. The summed E-state index contributed by atoms with van der Waals surface area (Å²) in [6.45, 7) is 0.246. The van der Waals surface area contributed by atoms with Crippen molar-refractivity contribution in [2.24, 2.45) is 0 Å². The number of fused-ring (bicyclic) bond motifs is 7. The Morgan fingerprint density at radius 2 is 0.746 bits per heavy atom. The SMILES string of the molecule is OCCOc1ccc(C2(c3ccc(OCCO)c4ccccc34)c3c(cccc3-c3csc4ccccc34)-c3cccc(-c4csc5ccccc45)c32)c2ccccc12. The molecule has 286 valence electrons. The van der Waals surface area contributed by atoms with Crippen molar-refractivity contribution in [3.63, 3.8) is 0 Å². The van der Waals surface area contributed by atoms with Crippen LogP contribution in [-0.2, 0) is 5.41 Å². The summed E-state index contributed by atoms with van der Waals surface area (Å²) >= 11 is 3.57. The van der Waals surface area contributed by atoms with Crippen LogP contribution < -0.4 is 9.47 Å². The van der Waals surface area contributed by atoms with Crippen LogP contribution in [0.25, 0.3) is 75.1 Å². The van der Waals surface area contributed by atoms with Crippen LogP contribution in [0.1, 0.15) is 22.3 Å². The molecule has 2 heterocycles. The maximum Gasteiger partial charge on any atom is 0.127 e. The van der Waals surface area contributed by atoms with Gasteiger partial charge in [0, 0.05) is 42.1 Å². The van der Waals surface area contributed by atoms with E-state index in [-0.39, 0.29) is 26.4 Å². The maximum absolute atomic E-state index is 9.86. The molecular formula is C53H38O4S2. The van der Waals surface area contributed by atoms with E-state index >= 15 is 0 Å². The van der Waals surface area contributed by atoms with E-state index in [2.05, 4.69) is 168 Å². The van der Waals surface area contributed by atoms with Crippen LogP contribution in [0, 0.1) is 0 Å². The Balaban J connectivity index is 1.38. The minimum Gasteiger partial charge on any atom is -0.491 e. The van der Waals surface area contributed by atoms with E-state index in [1.807, 2.05) is 0 Å². The third-order valence-corrected chi connectivity index (χ3v) is 13.9. The second-order valence-corrected chi connectivity index (χ2v) is 16.8. The van der Waals surface area contributed by atoms with Crippen molar-refractivity contribution in [2.75, 3.05) is 26.4 Å². The summed E-state index contributed by atoms with van der Waals surface area (Å²) in [7, 11) is 0. The van der Waals surface area contributed by atoms with Gasteiger partial charge in [-0.2, -0.15) is 0 Å². The lowest BCUT2D eigenvalue weighted by Gasteiger charge is -2.38. The first-order chi connectivity index (χ1) is 29.2. The lowest BCUT2D eigenvalue weighted by molar-refractivity contribution is 0.203. The summed E-state index contributed by atoms with van der Waals surface area (Å²) in [4.78, 5) is 0. The normalized spacial score (nSPS) is 13.0. The number of rotatable bonds is 10. The van der Waals surface area contributed by atoms with E-state index in [9.17, 15) is 10.2 Å². The van der Waals surface area contributed by atoms with E-state index in [0.29, 0.717) is 0 Å². The molecule has 0 amide bonds. The molecule has 0 saturated carbocycles. The molecule has 0 radical (unpaired) electrons. The Labute approximate surface area is 349 Å². The molecule has 0 aliphatic heterocycles. The minimum absolute atomic E-state index is 0.0760. The van der Waals surface area contributed by atoms with E-state index in [1.165, 1.54) is 64.7 Å². The Morgan fingerprint density at radius 3 is 1.17 bits per heavy atom. The van der Waals surface area contributed by atoms with Crippen LogP contribution in [0.2, 0.25) is 0 Å². The van der Waals surface area contributed by atoms with Crippen LogP contribution in [0.15, 0.2) is 168 Å². The van der Waals surface area contributed by atoms with E-state index in [1.54, 1.807) is 22.7 Å². The van der Waals surface area contributed by atoms with Crippen molar-refractivity contribution in [3.05, 3.63) is 191 Å². The minimum atomic E-state index is -0.881. The average molecular weight is 803 g/mol. The molecule has 2 N–H and O–H groups in total. The van der Waals surface area contributed by atoms with Crippen LogP contribution in [0.3, 0.4) is 0 Å². The number of benzene rings is 8. The van der Waals surface area contributed by atoms with Gasteiger partial charge >= 0.3 is 0 Å².